The quantitative estimate of drug-likeness (QED) is 0.164. The molecule has 1 aliphatic carbocycles. The van der Waals surface area contributed by atoms with E-state index in [-0.39, 0.29) is 29.1 Å². The van der Waals surface area contributed by atoms with Gasteiger partial charge in [-0.25, -0.2) is 4.79 Å². The van der Waals surface area contributed by atoms with Gasteiger partial charge in [0, 0.05) is 12.2 Å². The number of hydrogen-bond donors (Lipinski definition) is 2. The van der Waals surface area contributed by atoms with Gasteiger partial charge in [0.25, 0.3) is 0 Å². The van der Waals surface area contributed by atoms with Gasteiger partial charge >= 0.3 is 6.03 Å². The van der Waals surface area contributed by atoms with Crippen LogP contribution in [0, 0.1) is 0 Å². The summed E-state index contributed by atoms with van der Waals surface area (Å²) in [6.45, 7) is 14.4. The molecule has 10 nitrogen and oxygen atoms in total. The zero-order valence-electron chi connectivity index (χ0n) is 31.1. The van der Waals surface area contributed by atoms with E-state index in [4.69, 9.17) is 9.47 Å². The first kappa shape index (κ1) is 35.4. The number of rotatable bonds is 10. The number of urea groups is 1. The van der Waals surface area contributed by atoms with E-state index < -0.39 is 0 Å². The maximum Gasteiger partial charge on any atom is 0.319 e. The van der Waals surface area contributed by atoms with Crippen molar-refractivity contribution < 1.29 is 14.3 Å². The number of amides is 2. The topological polar surface area (TPSA) is 96.3 Å². The zero-order valence-corrected chi connectivity index (χ0v) is 31.1. The molecule has 2 aliphatic heterocycles. The Balaban J connectivity index is 1.01. The first-order valence-electron chi connectivity index (χ1n) is 18.9. The van der Waals surface area contributed by atoms with Crippen LogP contribution in [0.5, 0.6) is 5.75 Å². The average Bonchev–Trinajstić information content (AvgIpc) is 3.70. The van der Waals surface area contributed by atoms with Crippen LogP contribution < -0.4 is 15.4 Å². The highest BCUT2D eigenvalue weighted by Crippen LogP contribution is 2.40. The molecule has 0 bridgehead atoms. The van der Waals surface area contributed by atoms with Crippen molar-refractivity contribution >= 4 is 17.4 Å². The molecule has 10 heteroatoms. The smallest absolute Gasteiger partial charge is 0.319 e. The second-order valence-electron chi connectivity index (χ2n) is 16.0. The molecule has 2 aromatic carbocycles. The summed E-state index contributed by atoms with van der Waals surface area (Å²) in [4.78, 5) is 18.4. The van der Waals surface area contributed by atoms with Gasteiger partial charge in [0.1, 0.15) is 11.9 Å². The highest BCUT2D eigenvalue weighted by molar-refractivity contribution is 5.89. The minimum atomic E-state index is -0.215. The van der Waals surface area contributed by atoms with Crippen molar-refractivity contribution in [2.45, 2.75) is 102 Å². The summed E-state index contributed by atoms with van der Waals surface area (Å²) in [5.74, 6) is 1.73. The standard InChI is InChI=1S/C41H55N7O3/c1-40(2,3)30-24-29(28-50-23-22-47-20-9-6-10-21-47)25-31(26-30)42-39(49)43-35-15-16-36(34-13-8-7-12-33(34)35)51-32-14-17-37-44-45-38(48(37)27-32)41(4)18-11-19-46(41)5/h7-8,12-14,17,24-27,35-36H,6,9-11,15-16,18-23,28H2,1-5H3,(H2,42,43,49)/t35-,36+,41-/m0/s1. The highest BCUT2D eigenvalue weighted by Gasteiger charge is 2.40. The molecule has 0 spiro atoms. The minimum absolute atomic E-state index is 0.0701. The van der Waals surface area contributed by atoms with E-state index in [9.17, 15) is 4.79 Å². The van der Waals surface area contributed by atoms with Crippen LogP contribution >= 0.6 is 0 Å². The number of hydrogen-bond acceptors (Lipinski definition) is 7. The normalized spacial score (nSPS) is 22.9. The number of carbonyl (C=O) groups is 1. The van der Waals surface area contributed by atoms with Crippen molar-refractivity contribution in [1.29, 1.82) is 0 Å². The van der Waals surface area contributed by atoms with Crippen LogP contribution in [0.2, 0.25) is 0 Å². The lowest BCUT2D eigenvalue weighted by Gasteiger charge is -2.32. The molecule has 272 valence electrons. The molecule has 7 rings (SSSR count). The monoisotopic (exact) mass is 693 g/mol. The van der Waals surface area contributed by atoms with Crippen LogP contribution in [-0.2, 0) is 22.3 Å². The van der Waals surface area contributed by atoms with Gasteiger partial charge in [0.15, 0.2) is 11.5 Å². The van der Waals surface area contributed by atoms with Crippen LogP contribution in [0.1, 0.15) is 113 Å². The Morgan fingerprint density at radius 2 is 1.76 bits per heavy atom. The third kappa shape index (κ3) is 7.93. The predicted molar refractivity (Wildman–Crippen MR) is 201 cm³/mol. The average molecular weight is 694 g/mol. The summed E-state index contributed by atoms with van der Waals surface area (Å²) < 4.78 is 14.9. The number of nitrogens with zero attached hydrogens (tertiary/aromatic N) is 5. The van der Waals surface area contributed by atoms with E-state index in [0.717, 1.165) is 78.4 Å². The fourth-order valence-electron chi connectivity index (χ4n) is 8.05. The molecule has 2 N–H and O–H groups in total. The number of ether oxygens (including phenoxy) is 2. The molecule has 0 radical (unpaired) electrons. The second-order valence-corrected chi connectivity index (χ2v) is 16.0. The van der Waals surface area contributed by atoms with E-state index in [0.29, 0.717) is 13.2 Å². The Labute approximate surface area is 302 Å². The first-order chi connectivity index (χ1) is 24.6. The molecule has 0 saturated carbocycles. The molecule has 0 unspecified atom stereocenters. The summed E-state index contributed by atoms with van der Waals surface area (Å²) in [6, 6.07) is 18.2. The number of fused-ring (bicyclic) bond motifs is 2. The molecule has 4 heterocycles. The summed E-state index contributed by atoms with van der Waals surface area (Å²) in [6.07, 6.45) is 9.52. The van der Waals surface area contributed by atoms with Crippen molar-refractivity contribution in [1.82, 2.24) is 29.7 Å². The Morgan fingerprint density at radius 1 is 0.961 bits per heavy atom. The Bertz CT molecular complexity index is 1830. The number of piperidine rings is 1. The summed E-state index contributed by atoms with van der Waals surface area (Å²) in [7, 11) is 2.16. The fourth-order valence-corrected chi connectivity index (χ4v) is 8.05. The van der Waals surface area contributed by atoms with Crippen molar-refractivity contribution in [3.05, 3.63) is 88.9 Å². The van der Waals surface area contributed by atoms with Crippen molar-refractivity contribution in [3.63, 3.8) is 0 Å². The maximum atomic E-state index is 13.6. The molecule has 2 fully saturated rings. The number of nitrogens with one attached hydrogen (secondary N) is 2. The van der Waals surface area contributed by atoms with Gasteiger partial charge in [0.2, 0.25) is 0 Å². The molecule has 2 aromatic heterocycles. The van der Waals surface area contributed by atoms with E-state index in [1.54, 1.807) is 0 Å². The van der Waals surface area contributed by atoms with Crippen LogP contribution in [-0.4, -0.2) is 70.3 Å². The van der Waals surface area contributed by atoms with Crippen molar-refractivity contribution in [2.24, 2.45) is 0 Å². The lowest BCUT2D eigenvalue weighted by atomic mass is 9.85. The van der Waals surface area contributed by atoms with Crippen LogP contribution in [0.15, 0.2) is 60.8 Å². The van der Waals surface area contributed by atoms with Crippen LogP contribution in [0.25, 0.3) is 5.65 Å². The van der Waals surface area contributed by atoms with Gasteiger partial charge < -0.3 is 25.0 Å². The number of anilines is 1. The summed E-state index contributed by atoms with van der Waals surface area (Å²) >= 11 is 0. The third-order valence-electron chi connectivity index (χ3n) is 11.3. The van der Waals surface area contributed by atoms with Gasteiger partial charge in [-0.3, -0.25) is 9.30 Å². The Morgan fingerprint density at radius 3 is 2.53 bits per heavy atom. The van der Waals surface area contributed by atoms with Crippen LogP contribution in [0.4, 0.5) is 10.5 Å². The van der Waals surface area contributed by atoms with E-state index >= 15 is 0 Å². The van der Waals surface area contributed by atoms with Gasteiger partial charge in [-0.1, -0.05) is 57.5 Å². The molecular weight excluding hydrogens is 638 g/mol. The van der Waals surface area contributed by atoms with Gasteiger partial charge in [-0.15, -0.1) is 10.2 Å². The number of benzene rings is 2. The van der Waals surface area contributed by atoms with Crippen LogP contribution in [0.3, 0.4) is 0 Å². The predicted octanol–water partition coefficient (Wildman–Crippen LogP) is 7.75. The first-order valence-corrected chi connectivity index (χ1v) is 18.9. The third-order valence-corrected chi connectivity index (χ3v) is 11.3. The molecule has 2 saturated heterocycles. The number of aromatic nitrogens is 3. The molecular formula is C41H55N7O3. The maximum absolute atomic E-state index is 13.6. The van der Waals surface area contributed by atoms with Gasteiger partial charge in [-0.05, 0) is 124 Å². The Kier molecular flexibility index (Phi) is 10.4. The lowest BCUT2D eigenvalue weighted by molar-refractivity contribution is 0.0863. The highest BCUT2D eigenvalue weighted by atomic mass is 16.5. The lowest BCUT2D eigenvalue weighted by Crippen LogP contribution is -2.37. The summed E-state index contributed by atoms with van der Waals surface area (Å²) in [5, 5.41) is 15.5. The second kappa shape index (κ2) is 14.9. The number of carbonyl (C=O) groups excluding carboxylic acids is 1. The SMILES string of the molecule is CN1CCC[C@@]1(C)c1nnc2ccc(O[C@@H]3CC[C@H](NC(=O)Nc4cc(COCCN5CCCCC5)cc(C(C)(C)C)c4)c4ccccc43)cn12. The van der Waals surface area contributed by atoms with Crippen molar-refractivity contribution in [2.75, 3.05) is 45.2 Å². The van der Waals surface area contributed by atoms with Gasteiger partial charge in [0.05, 0.1) is 31.0 Å². The molecule has 3 aliphatic rings. The summed E-state index contributed by atoms with van der Waals surface area (Å²) in [5.41, 5.74) is 5.78. The van der Waals surface area contributed by atoms with E-state index in [1.807, 2.05) is 36.5 Å². The molecule has 3 atom stereocenters. The largest absolute Gasteiger partial charge is 0.484 e. The van der Waals surface area contributed by atoms with Gasteiger partial charge in [-0.2, -0.15) is 0 Å². The number of likely N-dealkylation sites (tertiary alicyclic amines) is 2. The zero-order chi connectivity index (χ0) is 35.6. The molecule has 51 heavy (non-hydrogen) atoms. The Hall–Kier alpha value is -3.99. The number of pyridine rings is 1. The van der Waals surface area contributed by atoms with E-state index in [1.165, 1.54) is 37.9 Å². The van der Waals surface area contributed by atoms with Crippen molar-refractivity contribution in [3.8, 4) is 5.75 Å². The molecule has 4 aromatic rings. The fraction of sp³-hybridized carbons (Fsp3) is 0.537. The minimum Gasteiger partial charge on any atom is -0.484 e. The van der Waals surface area contributed by atoms with E-state index in [2.05, 4.69) is 94.0 Å². The molecule has 2 amide bonds.